The van der Waals surface area contributed by atoms with Gasteiger partial charge in [-0.3, -0.25) is 9.78 Å². The predicted octanol–water partition coefficient (Wildman–Crippen LogP) is 1.99. The highest BCUT2D eigenvalue weighted by atomic mass is 16.2. The molecule has 6 nitrogen and oxygen atoms in total. The number of carbonyl (C=O) groups is 1. The summed E-state index contributed by atoms with van der Waals surface area (Å²) in [6, 6.07) is 12.2. The highest BCUT2D eigenvalue weighted by Gasteiger charge is 2.23. The van der Waals surface area contributed by atoms with E-state index in [-0.39, 0.29) is 5.91 Å². The van der Waals surface area contributed by atoms with Crippen LogP contribution < -0.4 is 4.90 Å². The number of amides is 1. The number of hydrogen-bond donors (Lipinski definition) is 0. The first-order chi connectivity index (χ1) is 11.8. The molecule has 6 heteroatoms. The average Bonchev–Trinajstić information content (AvgIpc) is 2.68. The van der Waals surface area contributed by atoms with Crippen LogP contribution in [0.3, 0.4) is 0 Å². The van der Waals surface area contributed by atoms with Gasteiger partial charge in [0.25, 0.3) is 5.91 Å². The zero-order valence-corrected chi connectivity index (χ0v) is 13.2. The topological polar surface area (TPSA) is 62.2 Å². The molecule has 1 saturated heterocycles. The van der Waals surface area contributed by atoms with Gasteiger partial charge in [-0.05, 0) is 18.2 Å². The second kappa shape index (κ2) is 6.23. The van der Waals surface area contributed by atoms with E-state index in [1.807, 2.05) is 29.2 Å². The van der Waals surface area contributed by atoms with Gasteiger partial charge in [0.1, 0.15) is 11.5 Å². The lowest BCUT2D eigenvalue weighted by Crippen LogP contribution is -2.49. The van der Waals surface area contributed by atoms with E-state index in [1.54, 1.807) is 12.4 Å². The van der Waals surface area contributed by atoms with E-state index < -0.39 is 0 Å². The van der Waals surface area contributed by atoms with Gasteiger partial charge in [-0.25, -0.2) is 9.97 Å². The Bertz CT molecular complexity index is 859. The van der Waals surface area contributed by atoms with E-state index in [4.69, 9.17) is 4.98 Å². The van der Waals surface area contributed by atoms with Gasteiger partial charge in [0, 0.05) is 44.0 Å². The monoisotopic (exact) mass is 319 g/mol. The summed E-state index contributed by atoms with van der Waals surface area (Å²) in [7, 11) is 0. The largest absolute Gasteiger partial charge is 0.353 e. The maximum Gasteiger partial charge on any atom is 0.274 e. The van der Waals surface area contributed by atoms with Crippen LogP contribution in [0, 0.1) is 0 Å². The van der Waals surface area contributed by atoms with Gasteiger partial charge in [0.15, 0.2) is 0 Å². The molecular formula is C18H17N5O. The first-order valence-electron chi connectivity index (χ1n) is 7.97. The Kier molecular flexibility index (Phi) is 3.78. The standard InChI is InChI=1S/C18H17N5O/c24-18(16-13-19-7-8-20-16)23-11-9-22(10-12-23)17-6-5-14-3-1-2-4-15(14)21-17/h1-8,13H,9-12H2. The Morgan fingerprint density at radius 2 is 1.79 bits per heavy atom. The number of pyridine rings is 1. The van der Waals surface area contributed by atoms with Crippen molar-refractivity contribution in [1.29, 1.82) is 0 Å². The van der Waals surface area contributed by atoms with Gasteiger partial charge >= 0.3 is 0 Å². The van der Waals surface area contributed by atoms with Crippen molar-refractivity contribution < 1.29 is 4.79 Å². The third kappa shape index (κ3) is 2.78. The van der Waals surface area contributed by atoms with Gasteiger partial charge in [-0.15, -0.1) is 0 Å². The van der Waals surface area contributed by atoms with Crippen molar-refractivity contribution in [2.24, 2.45) is 0 Å². The molecule has 1 amide bonds. The number of rotatable bonds is 2. The molecule has 3 aromatic rings. The molecule has 24 heavy (non-hydrogen) atoms. The average molecular weight is 319 g/mol. The number of anilines is 1. The Morgan fingerprint density at radius 1 is 0.958 bits per heavy atom. The second-order valence-corrected chi connectivity index (χ2v) is 5.73. The molecule has 0 spiro atoms. The van der Waals surface area contributed by atoms with E-state index in [9.17, 15) is 4.79 Å². The molecule has 1 fully saturated rings. The highest BCUT2D eigenvalue weighted by molar-refractivity contribution is 5.92. The lowest BCUT2D eigenvalue weighted by Gasteiger charge is -2.35. The summed E-state index contributed by atoms with van der Waals surface area (Å²) < 4.78 is 0. The fourth-order valence-corrected chi connectivity index (χ4v) is 2.94. The van der Waals surface area contributed by atoms with Crippen LogP contribution in [0.15, 0.2) is 55.0 Å². The molecule has 0 N–H and O–H groups in total. The SMILES string of the molecule is O=C(c1cnccn1)N1CCN(c2ccc3ccccc3n2)CC1. The molecule has 1 aliphatic heterocycles. The number of carbonyl (C=O) groups excluding carboxylic acids is 1. The van der Waals surface area contributed by atoms with Gasteiger partial charge in [0.2, 0.25) is 0 Å². The minimum atomic E-state index is -0.0609. The quantitative estimate of drug-likeness (QED) is 0.723. The fraction of sp³-hybridized carbons (Fsp3) is 0.222. The second-order valence-electron chi connectivity index (χ2n) is 5.73. The zero-order chi connectivity index (χ0) is 16.4. The molecule has 4 rings (SSSR count). The molecule has 0 radical (unpaired) electrons. The first-order valence-corrected chi connectivity index (χ1v) is 7.97. The number of piperazine rings is 1. The number of aromatic nitrogens is 3. The lowest BCUT2D eigenvalue weighted by molar-refractivity contribution is 0.0740. The minimum absolute atomic E-state index is 0.0609. The molecule has 0 saturated carbocycles. The molecule has 1 aliphatic rings. The zero-order valence-electron chi connectivity index (χ0n) is 13.2. The maximum atomic E-state index is 12.4. The van der Waals surface area contributed by atoms with E-state index >= 15 is 0 Å². The van der Waals surface area contributed by atoms with Crippen molar-refractivity contribution in [3.05, 3.63) is 60.7 Å². The third-order valence-corrected chi connectivity index (χ3v) is 4.26. The molecule has 120 valence electrons. The van der Waals surface area contributed by atoms with Crippen LogP contribution in [0.1, 0.15) is 10.5 Å². The van der Waals surface area contributed by atoms with Crippen LogP contribution in [-0.2, 0) is 0 Å². The van der Waals surface area contributed by atoms with Crippen LogP contribution in [0.5, 0.6) is 0 Å². The van der Waals surface area contributed by atoms with Gasteiger partial charge in [0.05, 0.1) is 11.7 Å². The van der Waals surface area contributed by atoms with Crippen LogP contribution in [0.25, 0.3) is 10.9 Å². The number of para-hydroxylation sites is 1. The van der Waals surface area contributed by atoms with Crippen LogP contribution >= 0.6 is 0 Å². The molecule has 1 aromatic carbocycles. The molecule has 0 atom stereocenters. The number of benzene rings is 1. The molecular weight excluding hydrogens is 302 g/mol. The highest BCUT2D eigenvalue weighted by Crippen LogP contribution is 2.19. The summed E-state index contributed by atoms with van der Waals surface area (Å²) in [6.07, 6.45) is 4.63. The van der Waals surface area contributed by atoms with E-state index in [2.05, 4.69) is 27.0 Å². The molecule has 2 aromatic heterocycles. The van der Waals surface area contributed by atoms with Crippen molar-refractivity contribution >= 4 is 22.6 Å². The molecule has 0 bridgehead atoms. The summed E-state index contributed by atoms with van der Waals surface area (Å²) in [5, 5.41) is 1.14. The van der Waals surface area contributed by atoms with E-state index in [0.717, 1.165) is 29.8 Å². The van der Waals surface area contributed by atoms with Crippen LogP contribution in [0.4, 0.5) is 5.82 Å². The smallest absolute Gasteiger partial charge is 0.274 e. The fourth-order valence-electron chi connectivity index (χ4n) is 2.94. The molecule has 0 aliphatic carbocycles. The Balaban J connectivity index is 1.46. The van der Waals surface area contributed by atoms with Crippen molar-refractivity contribution in [3.8, 4) is 0 Å². The lowest BCUT2D eigenvalue weighted by atomic mass is 10.2. The Hall–Kier alpha value is -3.02. The number of nitrogens with zero attached hydrogens (tertiary/aromatic N) is 5. The Labute approximate surface area is 139 Å². The molecule has 0 unspecified atom stereocenters. The van der Waals surface area contributed by atoms with Crippen molar-refractivity contribution in [2.75, 3.05) is 31.1 Å². The minimum Gasteiger partial charge on any atom is -0.353 e. The first kappa shape index (κ1) is 14.6. The summed E-state index contributed by atoms with van der Waals surface area (Å²) in [6.45, 7) is 2.84. The van der Waals surface area contributed by atoms with Gasteiger partial charge < -0.3 is 9.80 Å². The maximum absolute atomic E-state index is 12.4. The summed E-state index contributed by atoms with van der Waals surface area (Å²) in [5.74, 6) is 0.898. The van der Waals surface area contributed by atoms with Gasteiger partial charge in [-0.1, -0.05) is 18.2 Å². The van der Waals surface area contributed by atoms with Crippen LogP contribution in [-0.4, -0.2) is 51.9 Å². The summed E-state index contributed by atoms with van der Waals surface area (Å²) in [5.41, 5.74) is 1.39. The summed E-state index contributed by atoms with van der Waals surface area (Å²) >= 11 is 0. The van der Waals surface area contributed by atoms with Crippen molar-refractivity contribution in [1.82, 2.24) is 19.9 Å². The van der Waals surface area contributed by atoms with Gasteiger partial charge in [-0.2, -0.15) is 0 Å². The van der Waals surface area contributed by atoms with Crippen molar-refractivity contribution in [2.45, 2.75) is 0 Å². The normalized spacial score (nSPS) is 14.8. The van der Waals surface area contributed by atoms with E-state index in [0.29, 0.717) is 18.8 Å². The number of fused-ring (bicyclic) bond motifs is 1. The third-order valence-electron chi connectivity index (χ3n) is 4.26. The van der Waals surface area contributed by atoms with E-state index in [1.165, 1.54) is 6.20 Å². The van der Waals surface area contributed by atoms with Crippen molar-refractivity contribution in [3.63, 3.8) is 0 Å². The van der Waals surface area contributed by atoms with Crippen LogP contribution in [0.2, 0.25) is 0 Å². The summed E-state index contributed by atoms with van der Waals surface area (Å²) in [4.78, 5) is 29.2. The predicted molar refractivity (Wildman–Crippen MR) is 91.9 cm³/mol. The Morgan fingerprint density at radius 3 is 2.58 bits per heavy atom. The molecule has 3 heterocycles. The number of hydrogen-bond acceptors (Lipinski definition) is 5.